The van der Waals surface area contributed by atoms with Gasteiger partial charge in [0.2, 0.25) is 0 Å². The number of benzene rings is 1. The summed E-state index contributed by atoms with van der Waals surface area (Å²) in [6, 6.07) is 6.30. The van der Waals surface area contributed by atoms with Crippen molar-refractivity contribution in [2.45, 2.75) is 38.9 Å². The summed E-state index contributed by atoms with van der Waals surface area (Å²) in [6.45, 7) is 8.39. The molecule has 1 aromatic rings. The van der Waals surface area contributed by atoms with Gasteiger partial charge in [0.05, 0.1) is 22.8 Å². The zero-order valence-electron chi connectivity index (χ0n) is 14.2. The van der Waals surface area contributed by atoms with Crippen molar-refractivity contribution in [2.75, 3.05) is 13.6 Å². The number of likely N-dealkylation sites (N-methyl/N-ethyl adjacent to an activating group) is 1. The summed E-state index contributed by atoms with van der Waals surface area (Å²) in [4.78, 5) is 0. The van der Waals surface area contributed by atoms with Crippen LogP contribution in [0.5, 0.6) is 0 Å². The summed E-state index contributed by atoms with van der Waals surface area (Å²) in [5.74, 6) is -0.380. The van der Waals surface area contributed by atoms with E-state index in [1.165, 1.54) is 18.2 Å². The van der Waals surface area contributed by atoms with Crippen LogP contribution in [0.1, 0.15) is 38.8 Å². The highest BCUT2D eigenvalue weighted by molar-refractivity contribution is 6.55. The molecule has 1 heterocycles. The first-order valence-electron chi connectivity index (χ1n) is 7.60. The molecule has 1 aliphatic rings. The second-order valence-electron chi connectivity index (χ2n) is 6.69. The lowest BCUT2D eigenvalue weighted by molar-refractivity contribution is 0.00578. The largest absolute Gasteiger partial charge is 0.491 e. The van der Waals surface area contributed by atoms with Gasteiger partial charge in [0.25, 0.3) is 0 Å². The molecule has 1 aliphatic heterocycles. The van der Waals surface area contributed by atoms with E-state index in [-0.39, 0.29) is 5.82 Å². The van der Waals surface area contributed by atoms with Crippen LogP contribution in [0.3, 0.4) is 0 Å². The Morgan fingerprint density at radius 3 is 2.43 bits per heavy atom. The van der Waals surface area contributed by atoms with Crippen molar-refractivity contribution in [3.05, 3.63) is 40.6 Å². The minimum absolute atomic E-state index is 0.351. The van der Waals surface area contributed by atoms with E-state index >= 15 is 0 Å². The lowest BCUT2D eigenvalue weighted by Gasteiger charge is -2.32. The average molecular weight is 316 g/mol. The van der Waals surface area contributed by atoms with Crippen LogP contribution in [0.4, 0.5) is 4.39 Å². The van der Waals surface area contributed by atoms with Crippen LogP contribution in [0.15, 0.2) is 23.7 Å². The molecule has 1 saturated heterocycles. The third-order valence-corrected chi connectivity index (χ3v) is 4.40. The molecule has 0 saturated carbocycles. The molecule has 0 radical (unpaired) electrons. The molecule has 0 aliphatic carbocycles. The summed E-state index contributed by atoms with van der Waals surface area (Å²) < 4.78 is 26.1. The quantitative estimate of drug-likeness (QED) is 0.868. The lowest BCUT2D eigenvalue weighted by atomic mass is 9.77. The van der Waals surface area contributed by atoms with Gasteiger partial charge in [-0.2, -0.15) is 5.26 Å². The van der Waals surface area contributed by atoms with Gasteiger partial charge in [-0.3, -0.25) is 0 Å². The maximum Gasteiger partial charge on any atom is 0.491 e. The number of nitriles is 1. The van der Waals surface area contributed by atoms with Crippen LogP contribution >= 0.6 is 0 Å². The number of rotatable bonds is 4. The van der Waals surface area contributed by atoms with Gasteiger partial charge in [0.1, 0.15) is 5.82 Å². The summed E-state index contributed by atoms with van der Waals surface area (Å²) in [5, 5.41) is 12.0. The van der Waals surface area contributed by atoms with Crippen molar-refractivity contribution in [2.24, 2.45) is 0 Å². The minimum Gasteiger partial charge on any atom is -0.400 e. The summed E-state index contributed by atoms with van der Waals surface area (Å²) in [6.07, 6.45) is 1.69. The van der Waals surface area contributed by atoms with E-state index in [2.05, 4.69) is 5.32 Å². The summed E-state index contributed by atoms with van der Waals surface area (Å²) >= 11 is 0. The van der Waals surface area contributed by atoms with Gasteiger partial charge >= 0.3 is 7.12 Å². The van der Waals surface area contributed by atoms with Crippen LogP contribution in [0.2, 0.25) is 0 Å². The van der Waals surface area contributed by atoms with E-state index in [9.17, 15) is 4.39 Å². The normalized spacial score (nSPS) is 19.7. The highest BCUT2D eigenvalue weighted by Crippen LogP contribution is 2.38. The molecule has 0 atom stereocenters. The third kappa shape index (κ3) is 3.64. The number of halogens is 1. The molecule has 0 aromatic heterocycles. The molecule has 0 spiro atoms. The van der Waals surface area contributed by atoms with E-state index < -0.39 is 18.3 Å². The molecule has 0 unspecified atom stereocenters. The number of nitrogens with zero attached hydrogens (tertiary/aromatic N) is 1. The summed E-state index contributed by atoms with van der Waals surface area (Å²) in [7, 11) is 1.25. The molecule has 23 heavy (non-hydrogen) atoms. The molecule has 4 nitrogen and oxygen atoms in total. The Morgan fingerprint density at radius 1 is 1.30 bits per heavy atom. The van der Waals surface area contributed by atoms with Crippen molar-refractivity contribution in [3.63, 3.8) is 0 Å². The molecule has 1 aromatic carbocycles. The highest BCUT2D eigenvalue weighted by atomic mass is 19.1. The van der Waals surface area contributed by atoms with E-state index in [1.54, 1.807) is 13.1 Å². The molecular weight excluding hydrogens is 294 g/mol. The molecule has 0 amide bonds. The maximum atomic E-state index is 14.0. The Hall–Kier alpha value is -1.68. The Bertz CT molecular complexity index is 649. The smallest absolute Gasteiger partial charge is 0.400 e. The highest BCUT2D eigenvalue weighted by Gasteiger charge is 2.52. The third-order valence-electron chi connectivity index (χ3n) is 4.40. The van der Waals surface area contributed by atoms with E-state index in [0.717, 1.165) is 5.47 Å². The summed E-state index contributed by atoms with van der Waals surface area (Å²) in [5.41, 5.74) is 0.620. The predicted molar refractivity (Wildman–Crippen MR) is 89.1 cm³/mol. The molecular formula is C17H22BFN2O2. The van der Waals surface area contributed by atoms with E-state index in [1.807, 2.05) is 33.8 Å². The van der Waals surface area contributed by atoms with Crippen molar-refractivity contribution in [1.29, 1.82) is 5.26 Å². The van der Waals surface area contributed by atoms with Crippen molar-refractivity contribution in [1.82, 2.24) is 5.32 Å². The Labute approximate surface area is 137 Å². The Balaban J connectivity index is 2.38. The first kappa shape index (κ1) is 17.7. The van der Waals surface area contributed by atoms with Crippen LogP contribution in [-0.4, -0.2) is 31.9 Å². The lowest BCUT2D eigenvalue weighted by Crippen LogP contribution is -2.41. The van der Waals surface area contributed by atoms with Crippen LogP contribution in [0.25, 0.3) is 6.08 Å². The van der Waals surface area contributed by atoms with Gasteiger partial charge in [0, 0.05) is 12.1 Å². The van der Waals surface area contributed by atoms with Gasteiger partial charge in [0.15, 0.2) is 0 Å². The monoisotopic (exact) mass is 316 g/mol. The van der Waals surface area contributed by atoms with Crippen molar-refractivity contribution < 1.29 is 13.7 Å². The van der Waals surface area contributed by atoms with E-state index in [0.29, 0.717) is 17.7 Å². The second kappa shape index (κ2) is 6.44. The van der Waals surface area contributed by atoms with Crippen LogP contribution in [-0.2, 0) is 9.31 Å². The molecule has 122 valence electrons. The first-order chi connectivity index (χ1) is 10.7. The van der Waals surface area contributed by atoms with Gasteiger partial charge < -0.3 is 14.6 Å². The molecule has 1 N–H and O–H groups in total. The van der Waals surface area contributed by atoms with Gasteiger partial charge in [-0.1, -0.05) is 6.08 Å². The molecule has 2 rings (SSSR count). The zero-order chi connectivity index (χ0) is 17.3. The Kier molecular flexibility index (Phi) is 4.95. The van der Waals surface area contributed by atoms with Crippen molar-refractivity contribution >= 4 is 13.2 Å². The fourth-order valence-electron chi connectivity index (χ4n) is 2.32. The zero-order valence-corrected chi connectivity index (χ0v) is 14.2. The molecule has 1 fully saturated rings. The SMILES string of the molecule is CNCC(=Cc1cc(C#N)ccc1F)B1OC(C)(C)C(C)(C)O1. The fourth-order valence-corrected chi connectivity index (χ4v) is 2.32. The van der Waals surface area contributed by atoms with Gasteiger partial charge in [-0.15, -0.1) is 0 Å². The second-order valence-corrected chi connectivity index (χ2v) is 6.69. The van der Waals surface area contributed by atoms with Gasteiger partial charge in [-0.05, 0) is 58.4 Å². The van der Waals surface area contributed by atoms with E-state index in [4.69, 9.17) is 14.6 Å². The van der Waals surface area contributed by atoms with Crippen LogP contribution < -0.4 is 5.32 Å². The van der Waals surface area contributed by atoms with Crippen LogP contribution in [0, 0.1) is 17.1 Å². The maximum absolute atomic E-state index is 14.0. The number of hydrogen-bond donors (Lipinski definition) is 1. The van der Waals surface area contributed by atoms with Crippen molar-refractivity contribution in [3.8, 4) is 6.07 Å². The fraction of sp³-hybridized carbons (Fsp3) is 0.471. The topological polar surface area (TPSA) is 54.3 Å². The van der Waals surface area contributed by atoms with Gasteiger partial charge in [-0.25, -0.2) is 4.39 Å². The first-order valence-corrected chi connectivity index (χ1v) is 7.60. The standard InChI is InChI=1S/C17H22BFN2O2/c1-16(2)17(3,4)23-18(22-16)14(11-21-5)9-13-8-12(10-20)6-7-15(13)19/h6-9,21H,11H2,1-5H3. The Morgan fingerprint density at radius 2 is 1.91 bits per heavy atom. The average Bonchev–Trinajstić information content (AvgIpc) is 2.69. The predicted octanol–water partition coefficient (Wildman–Crippen LogP) is 2.93. The number of nitrogens with one attached hydrogen (secondary N) is 1. The molecule has 0 bridgehead atoms. The number of hydrogen-bond acceptors (Lipinski definition) is 4. The molecule has 6 heteroatoms. The minimum atomic E-state index is -0.558.